The summed E-state index contributed by atoms with van der Waals surface area (Å²) in [5, 5.41) is 4.62. The first kappa shape index (κ1) is 15.6. The van der Waals surface area contributed by atoms with Gasteiger partial charge in [-0.1, -0.05) is 39.3 Å². The van der Waals surface area contributed by atoms with E-state index < -0.39 is 0 Å². The lowest BCUT2D eigenvalue weighted by Crippen LogP contribution is -2.06. The number of rotatable bonds is 8. The summed E-state index contributed by atoms with van der Waals surface area (Å²) in [4.78, 5) is 4.85. The molecule has 0 unspecified atom stereocenters. The van der Waals surface area contributed by atoms with Gasteiger partial charge >= 0.3 is 0 Å². The molecule has 2 rings (SSSR count). The van der Waals surface area contributed by atoms with E-state index in [-0.39, 0.29) is 0 Å². The molecule has 0 aliphatic carbocycles. The predicted octanol–water partition coefficient (Wildman–Crippen LogP) is 4.80. The molecule has 2 aromatic rings. The maximum Gasteiger partial charge on any atom is 0.145 e. The van der Waals surface area contributed by atoms with Crippen molar-refractivity contribution in [3.8, 4) is 5.75 Å². The molecule has 1 aromatic carbocycles. The van der Waals surface area contributed by atoms with Crippen LogP contribution < -0.4 is 10.1 Å². The Labute approximate surface area is 127 Å². The molecule has 0 atom stereocenters. The van der Waals surface area contributed by atoms with Gasteiger partial charge in [-0.15, -0.1) is 0 Å². The van der Waals surface area contributed by atoms with Crippen LogP contribution in [0.4, 0.5) is 5.82 Å². The number of pyridine rings is 1. The fourth-order valence-corrected chi connectivity index (χ4v) is 2.40. The third-order valence-corrected chi connectivity index (χ3v) is 3.41. The summed E-state index contributed by atoms with van der Waals surface area (Å²) in [6.45, 7) is 8.17. The van der Waals surface area contributed by atoms with E-state index >= 15 is 0 Å². The van der Waals surface area contributed by atoms with Gasteiger partial charge in [-0.25, -0.2) is 4.98 Å². The highest BCUT2D eigenvalue weighted by Gasteiger charge is 2.09. The van der Waals surface area contributed by atoms with Gasteiger partial charge in [0.25, 0.3) is 0 Å². The van der Waals surface area contributed by atoms with Gasteiger partial charge in [-0.05, 0) is 37.0 Å². The third-order valence-electron chi connectivity index (χ3n) is 3.41. The SMILES string of the molecule is CCCNc1nc2c(OCCC)cccc2cc1CCC. The number of fused-ring (bicyclic) bond motifs is 1. The first-order valence-corrected chi connectivity index (χ1v) is 8.09. The van der Waals surface area contributed by atoms with Crippen LogP contribution in [0.5, 0.6) is 5.75 Å². The number of nitrogens with zero attached hydrogens (tertiary/aromatic N) is 1. The standard InChI is InChI=1S/C18H26N2O/c1-4-8-15-13-14-9-7-10-16(21-12-6-3)17(14)20-18(15)19-11-5-2/h7,9-10,13H,4-6,8,11-12H2,1-3H3,(H,19,20). The zero-order valence-electron chi connectivity index (χ0n) is 13.4. The summed E-state index contributed by atoms with van der Waals surface area (Å²) in [5.41, 5.74) is 2.26. The zero-order valence-corrected chi connectivity index (χ0v) is 13.4. The fourth-order valence-electron chi connectivity index (χ4n) is 2.40. The number of para-hydroxylation sites is 1. The molecule has 1 N–H and O–H groups in total. The van der Waals surface area contributed by atoms with Crippen molar-refractivity contribution >= 4 is 16.7 Å². The van der Waals surface area contributed by atoms with Crippen molar-refractivity contribution in [1.29, 1.82) is 0 Å². The number of hydrogen-bond acceptors (Lipinski definition) is 3. The molecule has 0 saturated carbocycles. The molecule has 1 aromatic heterocycles. The number of anilines is 1. The van der Waals surface area contributed by atoms with Crippen LogP contribution >= 0.6 is 0 Å². The summed E-state index contributed by atoms with van der Waals surface area (Å²) in [6.07, 6.45) is 4.28. The van der Waals surface area contributed by atoms with Gasteiger partial charge in [0, 0.05) is 11.9 Å². The van der Waals surface area contributed by atoms with Crippen LogP contribution in [0, 0.1) is 0 Å². The van der Waals surface area contributed by atoms with Gasteiger partial charge < -0.3 is 10.1 Å². The van der Waals surface area contributed by atoms with Crippen LogP contribution in [0.2, 0.25) is 0 Å². The number of ether oxygens (including phenoxy) is 1. The van der Waals surface area contributed by atoms with Crippen molar-refractivity contribution in [2.75, 3.05) is 18.5 Å². The van der Waals surface area contributed by atoms with Gasteiger partial charge in [0.1, 0.15) is 17.1 Å². The molecule has 21 heavy (non-hydrogen) atoms. The molecule has 0 aliphatic heterocycles. The monoisotopic (exact) mass is 286 g/mol. The summed E-state index contributed by atoms with van der Waals surface area (Å²) in [6, 6.07) is 8.42. The molecule has 0 bridgehead atoms. The average Bonchev–Trinajstić information content (AvgIpc) is 2.51. The fraction of sp³-hybridized carbons (Fsp3) is 0.500. The van der Waals surface area contributed by atoms with Crippen LogP contribution in [-0.4, -0.2) is 18.1 Å². The minimum absolute atomic E-state index is 0.731. The second-order valence-electron chi connectivity index (χ2n) is 5.35. The topological polar surface area (TPSA) is 34.2 Å². The number of aromatic nitrogens is 1. The lowest BCUT2D eigenvalue weighted by molar-refractivity contribution is 0.320. The maximum absolute atomic E-state index is 5.84. The normalized spacial score (nSPS) is 10.8. The van der Waals surface area contributed by atoms with Crippen molar-refractivity contribution in [2.45, 2.75) is 46.5 Å². The van der Waals surface area contributed by atoms with Crippen molar-refractivity contribution in [3.05, 3.63) is 29.8 Å². The molecular formula is C18H26N2O. The van der Waals surface area contributed by atoms with Crippen LogP contribution in [0.15, 0.2) is 24.3 Å². The Hall–Kier alpha value is -1.77. The molecule has 3 nitrogen and oxygen atoms in total. The quantitative estimate of drug-likeness (QED) is 0.757. The van der Waals surface area contributed by atoms with Gasteiger partial charge in [0.05, 0.1) is 6.61 Å². The van der Waals surface area contributed by atoms with E-state index in [1.807, 2.05) is 12.1 Å². The number of benzene rings is 1. The molecular weight excluding hydrogens is 260 g/mol. The molecule has 0 radical (unpaired) electrons. The summed E-state index contributed by atoms with van der Waals surface area (Å²) in [7, 11) is 0. The molecule has 0 fully saturated rings. The van der Waals surface area contributed by atoms with Crippen molar-refractivity contribution in [1.82, 2.24) is 4.98 Å². The van der Waals surface area contributed by atoms with Crippen LogP contribution in [0.1, 0.15) is 45.6 Å². The predicted molar refractivity (Wildman–Crippen MR) is 90.3 cm³/mol. The molecule has 114 valence electrons. The van der Waals surface area contributed by atoms with Crippen LogP contribution in [0.3, 0.4) is 0 Å². The van der Waals surface area contributed by atoms with Gasteiger partial charge in [-0.2, -0.15) is 0 Å². The second-order valence-corrected chi connectivity index (χ2v) is 5.35. The molecule has 0 saturated heterocycles. The maximum atomic E-state index is 5.84. The Morgan fingerprint density at radius 2 is 1.95 bits per heavy atom. The molecule has 0 spiro atoms. The minimum atomic E-state index is 0.731. The largest absolute Gasteiger partial charge is 0.491 e. The first-order valence-electron chi connectivity index (χ1n) is 8.09. The number of nitrogens with one attached hydrogen (secondary N) is 1. The van der Waals surface area contributed by atoms with E-state index in [9.17, 15) is 0 Å². The van der Waals surface area contributed by atoms with E-state index in [4.69, 9.17) is 9.72 Å². The van der Waals surface area contributed by atoms with Gasteiger partial charge in [0.15, 0.2) is 0 Å². The summed E-state index contributed by atoms with van der Waals surface area (Å²) in [5.74, 6) is 1.90. The first-order chi connectivity index (χ1) is 10.3. The smallest absolute Gasteiger partial charge is 0.145 e. The highest BCUT2D eigenvalue weighted by atomic mass is 16.5. The lowest BCUT2D eigenvalue weighted by Gasteiger charge is -2.14. The highest BCUT2D eigenvalue weighted by molar-refractivity contribution is 5.87. The van der Waals surface area contributed by atoms with Crippen molar-refractivity contribution < 1.29 is 4.74 Å². The van der Waals surface area contributed by atoms with Crippen molar-refractivity contribution in [2.24, 2.45) is 0 Å². The Morgan fingerprint density at radius 1 is 1.10 bits per heavy atom. The van der Waals surface area contributed by atoms with E-state index in [1.54, 1.807) is 0 Å². The van der Waals surface area contributed by atoms with Crippen LogP contribution in [0.25, 0.3) is 10.9 Å². The molecule has 1 heterocycles. The molecule has 0 aliphatic rings. The Morgan fingerprint density at radius 3 is 2.67 bits per heavy atom. The van der Waals surface area contributed by atoms with E-state index in [1.165, 1.54) is 5.56 Å². The summed E-state index contributed by atoms with van der Waals surface area (Å²) < 4.78 is 5.84. The highest BCUT2D eigenvalue weighted by Crippen LogP contribution is 2.28. The summed E-state index contributed by atoms with van der Waals surface area (Å²) >= 11 is 0. The Bertz CT molecular complexity index is 581. The second kappa shape index (κ2) is 7.87. The number of hydrogen-bond donors (Lipinski definition) is 1. The third kappa shape index (κ3) is 3.87. The van der Waals surface area contributed by atoms with E-state index in [0.717, 1.165) is 61.3 Å². The molecule has 3 heteroatoms. The van der Waals surface area contributed by atoms with Crippen LogP contribution in [-0.2, 0) is 6.42 Å². The van der Waals surface area contributed by atoms with Gasteiger partial charge in [-0.3, -0.25) is 0 Å². The number of aryl methyl sites for hydroxylation is 1. The average molecular weight is 286 g/mol. The van der Waals surface area contributed by atoms with Gasteiger partial charge in [0.2, 0.25) is 0 Å². The van der Waals surface area contributed by atoms with E-state index in [0.29, 0.717) is 0 Å². The minimum Gasteiger partial charge on any atom is -0.491 e. The zero-order chi connectivity index (χ0) is 15.1. The Kier molecular flexibility index (Phi) is 5.85. The van der Waals surface area contributed by atoms with Crippen molar-refractivity contribution in [3.63, 3.8) is 0 Å². The Balaban J connectivity index is 2.44. The lowest BCUT2D eigenvalue weighted by atomic mass is 10.1. The van der Waals surface area contributed by atoms with E-state index in [2.05, 4.69) is 38.2 Å². The molecule has 0 amide bonds.